The van der Waals surface area contributed by atoms with Crippen LogP contribution in [0.5, 0.6) is 0 Å². The first kappa shape index (κ1) is 22.0. The fourth-order valence-corrected chi connectivity index (χ4v) is 4.86. The van der Waals surface area contributed by atoms with Gasteiger partial charge in [0.15, 0.2) is 0 Å². The van der Waals surface area contributed by atoms with E-state index < -0.39 is 10.0 Å². The van der Waals surface area contributed by atoms with Crippen LogP contribution in [0.1, 0.15) is 44.4 Å². The molecule has 0 saturated carbocycles. The van der Waals surface area contributed by atoms with Crippen LogP contribution in [0.25, 0.3) is 0 Å². The van der Waals surface area contributed by atoms with Crippen molar-refractivity contribution in [3.05, 3.63) is 59.7 Å². The van der Waals surface area contributed by atoms with E-state index in [9.17, 15) is 18.0 Å². The third-order valence-electron chi connectivity index (χ3n) is 5.24. The Morgan fingerprint density at radius 1 is 1.17 bits per heavy atom. The zero-order valence-electron chi connectivity index (χ0n) is 17.4. The second kappa shape index (κ2) is 8.97. The van der Waals surface area contributed by atoms with Crippen LogP contribution in [0, 0.1) is 0 Å². The van der Waals surface area contributed by atoms with Crippen molar-refractivity contribution in [3.8, 4) is 0 Å². The van der Waals surface area contributed by atoms with Gasteiger partial charge in [-0.25, -0.2) is 13.1 Å². The second-order valence-electron chi connectivity index (χ2n) is 7.58. The highest BCUT2D eigenvalue weighted by Gasteiger charge is 2.30. The summed E-state index contributed by atoms with van der Waals surface area (Å²) in [6.07, 6.45) is 0.647. The van der Waals surface area contributed by atoms with E-state index in [1.54, 1.807) is 17.0 Å². The minimum Gasteiger partial charge on any atom is -0.350 e. The molecule has 3 rings (SSSR count). The highest BCUT2D eigenvalue weighted by molar-refractivity contribution is 7.89. The number of nitrogens with one attached hydrogen (secondary N) is 2. The van der Waals surface area contributed by atoms with E-state index in [0.717, 1.165) is 16.8 Å². The van der Waals surface area contributed by atoms with Crippen molar-refractivity contribution < 1.29 is 18.0 Å². The molecule has 2 N–H and O–H groups in total. The van der Waals surface area contributed by atoms with Gasteiger partial charge in [-0.2, -0.15) is 0 Å². The lowest BCUT2D eigenvalue weighted by atomic mass is 10.1. The van der Waals surface area contributed by atoms with Crippen molar-refractivity contribution in [2.45, 2.75) is 50.6 Å². The van der Waals surface area contributed by atoms with E-state index in [2.05, 4.69) is 10.0 Å². The van der Waals surface area contributed by atoms with Crippen molar-refractivity contribution in [2.75, 3.05) is 11.4 Å². The Labute approximate surface area is 177 Å². The van der Waals surface area contributed by atoms with E-state index in [1.165, 1.54) is 13.0 Å². The molecule has 0 saturated heterocycles. The molecule has 2 atom stereocenters. The molecule has 2 amide bonds. The Morgan fingerprint density at radius 2 is 1.87 bits per heavy atom. The molecule has 0 fully saturated rings. The molecule has 0 bridgehead atoms. The highest BCUT2D eigenvalue weighted by atomic mass is 32.2. The van der Waals surface area contributed by atoms with Crippen molar-refractivity contribution >= 4 is 27.5 Å². The Balaban J connectivity index is 1.58. The maximum absolute atomic E-state index is 12.6. The number of nitrogens with zero attached hydrogens (tertiary/aromatic N) is 1. The first-order valence-electron chi connectivity index (χ1n) is 9.95. The number of hydrogen-bond donors (Lipinski definition) is 2. The van der Waals surface area contributed by atoms with Gasteiger partial charge in [-0.05, 0) is 49.6 Å². The maximum Gasteiger partial charge on any atom is 0.240 e. The number of amides is 2. The van der Waals surface area contributed by atoms with E-state index in [1.807, 2.05) is 44.2 Å². The average Bonchev–Trinajstić information content (AvgIpc) is 3.03. The molecule has 30 heavy (non-hydrogen) atoms. The van der Waals surface area contributed by atoms with Gasteiger partial charge in [-0.15, -0.1) is 0 Å². The Hall–Kier alpha value is -2.71. The molecular weight excluding hydrogens is 402 g/mol. The zero-order chi connectivity index (χ0) is 21.9. The number of hydrogen-bond acceptors (Lipinski definition) is 4. The molecule has 7 nitrogen and oxygen atoms in total. The molecule has 160 valence electrons. The topological polar surface area (TPSA) is 95.6 Å². The fourth-order valence-electron chi connectivity index (χ4n) is 3.78. The van der Waals surface area contributed by atoms with Crippen LogP contribution in [-0.4, -0.2) is 32.8 Å². The molecular formula is C22H27N3O4S. The van der Waals surface area contributed by atoms with Crippen LogP contribution >= 0.6 is 0 Å². The van der Waals surface area contributed by atoms with E-state index in [-0.39, 0.29) is 41.8 Å². The Bertz CT molecular complexity index is 1040. The molecule has 2 aromatic carbocycles. The van der Waals surface area contributed by atoms with Crippen LogP contribution in [0.3, 0.4) is 0 Å². The van der Waals surface area contributed by atoms with Gasteiger partial charge in [0.05, 0.1) is 10.9 Å². The molecule has 2 aromatic rings. The van der Waals surface area contributed by atoms with Crippen LogP contribution in [-0.2, 0) is 26.0 Å². The van der Waals surface area contributed by atoms with E-state index >= 15 is 0 Å². The Morgan fingerprint density at radius 3 is 2.53 bits per heavy atom. The number of carbonyl (C=O) groups is 2. The summed E-state index contributed by atoms with van der Waals surface area (Å²) in [5, 5.41) is 2.87. The standard InChI is InChI=1S/C22H27N3O4S/c1-15-13-19-14-20(9-10-21(19)25(15)17(3)26)30(28,29)23-12-11-22(27)24-16(2)18-7-5-4-6-8-18/h4-10,14-16,23H,11-13H2,1-3H3,(H,24,27)/t15-,16+/m1/s1. The van der Waals surface area contributed by atoms with Gasteiger partial charge in [-0.1, -0.05) is 30.3 Å². The van der Waals surface area contributed by atoms with Gasteiger partial charge in [0.25, 0.3) is 0 Å². The molecule has 0 aliphatic carbocycles. The lowest BCUT2D eigenvalue weighted by molar-refractivity contribution is -0.121. The second-order valence-corrected chi connectivity index (χ2v) is 9.35. The lowest BCUT2D eigenvalue weighted by Crippen LogP contribution is -2.33. The van der Waals surface area contributed by atoms with Crippen LogP contribution in [0.2, 0.25) is 0 Å². The SMILES string of the molecule is CC(=O)N1c2ccc(S(=O)(=O)NCCC(=O)N[C@@H](C)c3ccccc3)cc2C[C@H]1C. The largest absolute Gasteiger partial charge is 0.350 e. The number of carbonyl (C=O) groups excluding carboxylic acids is 2. The fraction of sp³-hybridized carbons (Fsp3) is 0.364. The van der Waals surface area contributed by atoms with Gasteiger partial charge in [-0.3, -0.25) is 9.59 Å². The van der Waals surface area contributed by atoms with Crippen LogP contribution in [0.4, 0.5) is 5.69 Å². The summed E-state index contributed by atoms with van der Waals surface area (Å²) in [5.41, 5.74) is 2.57. The summed E-state index contributed by atoms with van der Waals surface area (Å²) in [4.78, 5) is 25.8. The first-order valence-corrected chi connectivity index (χ1v) is 11.4. The number of benzene rings is 2. The summed E-state index contributed by atoms with van der Waals surface area (Å²) in [6.45, 7) is 5.32. The van der Waals surface area contributed by atoms with E-state index in [4.69, 9.17) is 0 Å². The van der Waals surface area contributed by atoms with Gasteiger partial charge < -0.3 is 10.2 Å². The number of rotatable bonds is 7. The molecule has 0 unspecified atom stereocenters. The Kier molecular flexibility index (Phi) is 6.58. The number of sulfonamides is 1. The summed E-state index contributed by atoms with van der Waals surface area (Å²) >= 11 is 0. The molecule has 8 heteroatoms. The van der Waals surface area contributed by atoms with Gasteiger partial charge in [0.2, 0.25) is 21.8 Å². The quantitative estimate of drug-likeness (QED) is 0.707. The van der Waals surface area contributed by atoms with Gasteiger partial charge >= 0.3 is 0 Å². The van der Waals surface area contributed by atoms with E-state index in [0.29, 0.717) is 6.42 Å². The average molecular weight is 430 g/mol. The number of anilines is 1. The molecule has 0 radical (unpaired) electrons. The van der Waals surface area contributed by atoms with Crippen LogP contribution < -0.4 is 14.9 Å². The predicted octanol–water partition coefficient (Wildman–Crippen LogP) is 2.53. The molecule has 1 aliphatic heterocycles. The molecule has 0 aromatic heterocycles. The lowest BCUT2D eigenvalue weighted by Gasteiger charge is -2.20. The van der Waals surface area contributed by atoms with Gasteiger partial charge in [0.1, 0.15) is 0 Å². The van der Waals surface area contributed by atoms with Crippen LogP contribution in [0.15, 0.2) is 53.4 Å². The van der Waals surface area contributed by atoms with Crippen molar-refractivity contribution in [2.24, 2.45) is 0 Å². The van der Waals surface area contributed by atoms with Gasteiger partial charge in [0, 0.05) is 31.6 Å². The highest BCUT2D eigenvalue weighted by Crippen LogP contribution is 2.33. The molecule has 1 heterocycles. The van der Waals surface area contributed by atoms with Crippen molar-refractivity contribution in [3.63, 3.8) is 0 Å². The molecule has 1 aliphatic rings. The molecule has 0 spiro atoms. The summed E-state index contributed by atoms with van der Waals surface area (Å²) in [7, 11) is -3.75. The zero-order valence-corrected chi connectivity index (χ0v) is 18.2. The number of fused-ring (bicyclic) bond motifs is 1. The first-order chi connectivity index (χ1) is 14.2. The maximum atomic E-state index is 12.6. The van der Waals surface area contributed by atoms with Crippen molar-refractivity contribution in [1.29, 1.82) is 0 Å². The van der Waals surface area contributed by atoms with Crippen molar-refractivity contribution in [1.82, 2.24) is 10.0 Å². The smallest absolute Gasteiger partial charge is 0.240 e. The third kappa shape index (κ3) is 4.88. The third-order valence-corrected chi connectivity index (χ3v) is 6.70. The summed E-state index contributed by atoms with van der Waals surface area (Å²) < 4.78 is 27.7. The normalized spacial score (nSPS) is 16.8. The minimum absolute atomic E-state index is 0.00119. The minimum atomic E-state index is -3.75. The predicted molar refractivity (Wildman–Crippen MR) is 116 cm³/mol. The summed E-state index contributed by atoms with van der Waals surface area (Å²) in [6, 6.07) is 14.2. The monoisotopic (exact) mass is 429 g/mol. The summed E-state index contributed by atoms with van der Waals surface area (Å²) in [5.74, 6) is -0.292.